The molecule has 0 aliphatic rings. The molecule has 0 bridgehead atoms. The number of rotatable bonds is 3. The van der Waals surface area contributed by atoms with Crippen LogP contribution in [0.2, 0.25) is 0 Å². The molecule has 0 saturated carbocycles. The van der Waals surface area contributed by atoms with Gasteiger partial charge in [-0.1, -0.05) is 34.1 Å². The molecule has 88 valence electrons. The third-order valence-electron chi connectivity index (χ3n) is 2.42. The number of amides is 1. The van der Waals surface area contributed by atoms with Gasteiger partial charge in [-0.05, 0) is 6.07 Å². The Balaban J connectivity index is 2.37. The molecule has 0 unspecified atom stereocenters. The fourth-order valence-corrected chi connectivity index (χ4v) is 2.02. The standard InChI is InChI=1S/C12H12BrN3O/c1-14-11(17)8-16-7-6-15-12(16)9-4-2-3-5-10(9)13/h2-7H,8H2,1H3,(H,14,17). The normalized spacial score (nSPS) is 10.2. The average Bonchev–Trinajstić information content (AvgIpc) is 2.77. The number of carbonyl (C=O) groups is 1. The summed E-state index contributed by atoms with van der Waals surface area (Å²) in [4.78, 5) is 15.7. The van der Waals surface area contributed by atoms with E-state index in [0.717, 1.165) is 15.9 Å². The van der Waals surface area contributed by atoms with Crippen LogP contribution in [0.25, 0.3) is 11.4 Å². The molecule has 4 nitrogen and oxygen atoms in total. The number of aromatic nitrogens is 2. The first-order valence-electron chi connectivity index (χ1n) is 5.19. The van der Waals surface area contributed by atoms with Gasteiger partial charge in [-0.25, -0.2) is 4.98 Å². The van der Waals surface area contributed by atoms with E-state index in [1.54, 1.807) is 19.4 Å². The molecule has 2 aromatic rings. The number of likely N-dealkylation sites (N-methyl/N-ethyl adjacent to an activating group) is 1. The van der Waals surface area contributed by atoms with Crippen molar-refractivity contribution in [2.75, 3.05) is 7.05 Å². The van der Waals surface area contributed by atoms with Crippen LogP contribution in [0, 0.1) is 0 Å². The van der Waals surface area contributed by atoms with Crippen molar-refractivity contribution in [3.05, 3.63) is 41.1 Å². The molecule has 1 amide bonds. The molecule has 1 heterocycles. The highest BCUT2D eigenvalue weighted by atomic mass is 79.9. The summed E-state index contributed by atoms with van der Waals surface area (Å²) in [7, 11) is 1.62. The highest BCUT2D eigenvalue weighted by Crippen LogP contribution is 2.26. The molecule has 1 N–H and O–H groups in total. The summed E-state index contributed by atoms with van der Waals surface area (Å²) in [6.45, 7) is 0.271. The number of imidazole rings is 1. The SMILES string of the molecule is CNC(=O)Cn1ccnc1-c1ccccc1Br. The first kappa shape index (κ1) is 11.9. The van der Waals surface area contributed by atoms with Crippen molar-refractivity contribution in [1.82, 2.24) is 14.9 Å². The van der Waals surface area contributed by atoms with E-state index >= 15 is 0 Å². The molecule has 0 aliphatic carbocycles. The van der Waals surface area contributed by atoms with Crippen molar-refractivity contribution in [3.8, 4) is 11.4 Å². The Kier molecular flexibility index (Phi) is 3.58. The lowest BCUT2D eigenvalue weighted by atomic mass is 10.2. The summed E-state index contributed by atoms with van der Waals surface area (Å²) < 4.78 is 2.78. The van der Waals surface area contributed by atoms with Crippen LogP contribution in [0.3, 0.4) is 0 Å². The molecule has 0 spiro atoms. The maximum Gasteiger partial charge on any atom is 0.239 e. The lowest BCUT2D eigenvalue weighted by molar-refractivity contribution is -0.121. The molecule has 0 aliphatic heterocycles. The van der Waals surface area contributed by atoms with Crippen LogP contribution in [-0.4, -0.2) is 22.5 Å². The van der Waals surface area contributed by atoms with Gasteiger partial charge in [-0.3, -0.25) is 4.79 Å². The zero-order valence-electron chi connectivity index (χ0n) is 9.35. The van der Waals surface area contributed by atoms with Gasteiger partial charge in [0, 0.05) is 29.5 Å². The smallest absolute Gasteiger partial charge is 0.239 e. The average molecular weight is 294 g/mol. The van der Waals surface area contributed by atoms with E-state index in [-0.39, 0.29) is 12.5 Å². The summed E-state index contributed by atoms with van der Waals surface area (Å²) >= 11 is 3.48. The Morgan fingerprint density at radius 3 is 2.94 bits per heavy atom. The summed E-state index contributed by atoms with van der Waals surface area (Å²) in [5.74, 6) is 0.734. The first-order chi connectivity index (χ1) is 8.22. The molecule has 0 saturated heterocycles. The molecule has 0 fully saturated rings. The minimum absolute atomic E-state index is 0.0451. The van der Waals surface area contributed by atoms with Gasteiger partial charge < -0.3 is 9.88 Å². The highest BCUT2D eigenvalue weighted by Gasteiger charge is 2.10. The van der Waals surface area contributed by atoms with Crippen molar-refractivity contribution in [3.63, 3.8) is 0 Å². The summed E-state index contributed by atoms with van der Waals surface area (Å²) in [5.41, 5.74) is 0.974. The largest absolute Gasteiger partial charge is 0.358 e. The van der Waals surface area contributed by atoms with Crippen molar-refractivity contribution in [1.29, 1.82) is 0 Å². The van der Waals surface area contributed by atoms with Crippen molar-refractivity contribution in [2.24, 2.45) is 0 Å². The van der Waals surface area contributed by atoms with Crippen LogP contribution >= 0.6 is 15.9 Å². The predicted octanol–water partition coefficient (Wildman–Crippen LogP) is 2.06. The Bertz CT molecular complexity index is 536. The van der Waals surface area contributed by atoms with E-state index in [2.05, 4.69) is 26.2 Å². The molecule has 2 rings (SSSR count). The fraction of sp³-hybridized carbons (Fsp3) is 0.167. The summed E-state index contributed by atoms with van der Waals surface area (Å²) in [5, 5.41) is 2.60. The molecule has 0 radical (unpaired) electrons. The molecule has 0 atom stereocenters. The lowest BCUT2D eigenvalue weighted by Gasteiger charge is -2.08. The molecule has 17 heavy (non-hydrogen) atoms. The van der Waals surface area contributed by atoms with Gasteiger partial charge in [0.2, 0.25) is 5.91 Å². The Labute approximate surface area is 108 Å². The van der Waals surface area contributed by atoms with Crippen molar-refractivity contribution >= 4 is 21.8 Å². The Hall–Kier alpha value is -1.62. The number of hydrogen-bond donors (Lipinski definition) is 1. The van der Waals surface area contributed by atoms with E-state index in [4.69, 9.17) is 0 Å². The fourth-order valence-electron chi connectivity index (χ4n) is 1.56. The van der Waals surface area contributed by atoms with Crippen molar-refractivity contribution in [2.45, 2.75) is 6.54 Å². The Morgan fingerprint density at radius 2 is 2.24 bits per heavy atom. The van der Waals surface area contributed by atoms with Gasteiger partial charge in [0.05, 0.1) is 0 Å². The van der Waals surface area contributed by atoms with E-state index in [0.29, 0.717) is 0 Å². The van der Waals surface area contributed by atoms with E-state index < -0.39 is 0 Å². The summed E-state index contributed by atoms with van der Waals surface area (Å²) in [6, 6.07) is 7.81. The lowest BCUT2D eigenvalue weighted by Crippen LogP contribution is -2.23. The van der Waals surface area contributed by atoms with Crippen LogP contribution in [0.1, 0.15) is 0 Å². The van der Waals surface area contributed by atoms with E-state index in [1.807, 2.05) is 28.8 Å². The molecule has 1 aromatic carbocycles. The topological polar surface area (TPSA) is 46.9 Å². The highest BCUT2D eigenvalue weighted by molar-refractivity contribution is 9.10. The summed E-state index contributed by atoms with van der Waals surface area (Å²) in [6.07, 6.45) is 3.49. The second-order valence-corrected chi connectivity index (χ2v) is 4.39. The molecular formula is C12H12BrN3O. The maximum atomic E-state index is 11.4. The van der Waals surface area contributed by atoms with Crippen LogP contribution in [0.5, 0.6) is 0 Å². The second-order valence-electron chi connectivity index (χ2n) is 3.53. The van der Waals surface area contributed by atoms with Gasteiger partial charge in [0.15, 0.2) is 0 Å². The zero-order chi connectivity index (χ0) is 12.3. The Morgan fingerprint density at radius 1 is 1.47 bits per heavy atom. The molecular weight excluding hydrogens is 282 g/mol. The second kappa shape index (κ2) is 5.14. The van der Waals surface area contributed by atoms with Crippen LogP contribution in [0.4, 0.5) is 0 Å². The number of nitrogens with one attached hydrogen (secondary N) is 1. The van der Waals surface area contributed by atoms with Crippen LogP contribution in [0.15, 0.2) is 41.1 Å². The number of benzene rings is 1. The minimum Gasteiger partial charge on any atom is -0.358 e. The quantitative estimate of drug-likeness (QED) is 0.942. The number of halogens is 1. The van der Waals surface area contributed by atoms with Crippen LogP contribution in [-0.2, 0) is 11.3 Å². The number of carbonyl (C=O) groups excluding carboxylic acids is 1. The van der Waals surface area contributed by atoms with Gasteiger partial charge in [-0.15, -0.1) is 0 Å². The van der Waals surface area contributed by atoms with E-state index in [9.17, 15) is 4.79 Å². The van der Waals surface area contributed by atoms with Crippen LogP contribution < -0.4 is 5.32 Å². The zero-order valence-corrected chi connectivity index (χ0v) is 10.9. The van der Waals surface area contributed by atoms with Gasteiger partial charge in [0.25, 0.3) is 0 Å². The maximum absolute atomic E-state index is 11.4. The monoisotopic (exact) mass is 293 g/mol. The number of nitrogens with zero attached hydrogens (tertiary/aromatic N) is 2. The third kappa shape index (κ3) is 2.55. The van der Waals surface area contributed by atoms with Crippen molar-refractivity contribution < 1.29 is 4.79 Å². The van der Waals surface area contributed by atoms with Gasteiger partial charge in [-0.2, -0.15) is 0 Å². The molecule has 5 heteroatoms. The third-order valence-corrected chi connectivity index (χ3v) is 3.11. The predicted molar refractivity (Wildman–Crippen MR) is 69.4 cm³/mol. The van der Waals surface area contributed by atoms with Gasteiger partial charge >= 0.3 is 0 Å². The van der Waals surface area contributed by atoms with E-state index in [1.165, 1.54) is 0 Å². The van der Waals surface area contributed by atoms with Gasteiger partial charge in [0.1, 0.15) is 12.4 Å². The minimum atomic E-state index is -0.0451. The number of hydrogen-bond acceptors (Lipinski definition) is 2. The molecule has 1 aromatic heterocycles. The first-order valence-corrected chi connectivity index (χ1v) is 5.98.